The van der Waals surface area contributed by atoms with E-state index in [4.69, 9.17) is 0 Å². The molecule has 222 valence electrons. The highest BCUT2D eigenvalue weighted by atomic mass is 32.1. The van der Waals surface area contributed by atoms with Crippen molar-refractivity contribution in [2.24, 2.45) is 0 Å². The molecular formula is C29H35N7O5S. The minimum atomic E-state index is -0.956. The summed E-state index contributed by atoms with van der Waals surface area (Å²) in [5, 5.41) is 17.7. The Morgan fingerprint density at radius 2 is 1.79 bits per heavy atom. The zero-order valence-electron chi connectivity index (χ0n) is 23.6. The second-order valence-electron chi connectivity index (χ2n) is 10.1. The number of rotatable bonds is 6. The molecule has 0 unspecified atom stereocenters. The van der Waals surface area contributed by atoms with Crippen LogP contribution in [0.5, 0.6) is 0 Å². The maximum absolute atomic E-state index is 13.4. The number of hydrogen-bond donors (Lipinski definition) is 4. The van der Waals surface area contributed by atoms with Crippen molar-refractivity contribution in [1.82, 2.24) is 36.0 Å². The molecule has 4 N–H and O–H groups in total. The van der Waals surface area contributed by atoms with Gasteiger partial charge in [0.25, 0.3) is 11.5 Å². The minimum absolute atomic E-state index is 0.263. The van der Waals surface area contributed by atoms with Crippen LogP contribution in [0.3, 0.4) is 0 Å². The zero-order valence-corrected chi connectivity index (χ0v) is 24.4. The molecule has 3 aromatic rings. The predicted molar refractivity (Wildman–Crippen MR) is 157 cm³/mol. The summed E-state index contributed by atoms with van der Waals surface area (Å²) in [6.07, 6.45) is 2.07. The molecule has 0 aliphatic carbocycles. The standard InChI is InChI=1S/C29H35N7O5S/c1-3-20-27(40)33-22(15-19-9-5-4-6-10-19)29-34-23(17-42-29)26(39)30-14-8-7-11-21(28(41)32-20)31-24(37)16-36-25(38)13-12-18(2)35-36/h4-6,9-10,12-13,17,20-22H,3,7-8,11,14-16H2,1-2H3,(H,30,39)(H,31,37)(H,32,41)(H,33,40)/t20-,21+,22+/m1/s1. The van der Waals surface area contributed by atoms with Gasteiger partial charge in [0.2, 0.25) is 17.7 Å². The van der Waals surface area contributed by atoms with Gasteiger partial charge in [-0.05, 0) is 50.7 Å². The summed E-state index contributed by atoms with van der Waals surface area (Å²) >= 11 is 1.29. The second kappa shape index (κ2) is 14.5. The molecule has 0 spiro atoms. The number of nitrogens with zero attached hydrogens (tertiary/aromatic N) is 3. The van der Waals surface area contributed by atoms with E-state index in [2.05, 4.69) is 31.3 Å². The van der Waals surface area contributed by atoms with Crippen molar-refractivity contribution in [2.75, 3.05) is 6.54 Å². The maximum Gasteiger partial charge on any atom is 0.270 e. The Hall–Kier alpha value is -4.39. The van der Waals surface area contributed by atoms with Crippen LogP contribution in [-0.4, -0.2) is 57.0 Å². The van der Waals surface area contributed by atoms with Crippen molar-refractivity contribution < 1.29 is 19.2 Å². The van der Waals surface area contributed by atoms with Crippen molar-refractivity contribution in [3.05, 3.63) is 80.2 Å². The molecule has 1 aromatic carbocycles. The van der Waals surface area contributed by atoms with Gasteiger partial charge in [0.15, 0.2) is 0 Å². The molecule has 1 aliphatic heterocycles. The van der Waals surface area contributed by atoms with Crippen LogP contribution in [0.2, 0.25) is 0 Å². The average molecular weight is 594 g/mol. The Kier molecular flexibility index (Phi) is 10.5. The minimum Gasteiger partial charge on any atom is -0.351 e. The number of nitrogens with one attached hydrogen (secondary N) is 4. The molecule has 4 rings (SSSR count). The number of aryl methyl sites for hydroxylation is 1. The van der Waals surface area contributed by atoms with Gasteiger partial charge in [-0.25, -0.2) is 9.67 Å². The third-order valence-corrected chi connectivity index (χ3v) is 7.80. The molecule has 2 aromatic heterocycles. The van der Waals surface area contributed by atoms with Crippen LogP contribution in [0.15, 0.2) is 52.6 Å². The van der Waals surface area contributed by atoms with Gasteiger partial charge in [0, 0.05) is 18.0 Å². The number of fused-ring (bicyclic) bond motifs is 2. The summed E-state index contributed by atoms with van der Waals surface area (Å²) in [5.74, 6) is -1.79. The SMILES string of the molecule is CC[C@H]1NC(=O)[C@@H](NC(=O)Cn2nc(C)ccc2=O)CCCCNC(=O)c2csc(n2)[C@H](Cc2ccccc2)NC1=O. The molecule has 42 heavy (non-hydrogen) atoms. The molecule has 4 amide bonds. The van der Waals surface area contributed by atoms with E-state index in [0.717, 1.165) is 10.2 Å². The summed E-state index contributed by atoms with van der Waals surface area (Å²) in [6, 6.07) is 10.1. The molecule has 13 heteroatoms. The fourth-order valence-corrected chi connectivity index (χ4v) is 5.42. The van der Waals surface area contributed by atoms with E-state index in [0.29, 0.717) is 42.9 Å². The number of hydrogen-bond acceptors (Lipinski definition) is 8. The lowest BCUT2D eigenvalue weighted by molar-refractivity contribution is -0.132. The van der Waals surface area contributed by atoms with E-state index in [1.54, 1.807) is 25.3 Å². The number of benzene rings is 1. The van der Waals surface area contributed by atoms with Gasteiger partial charge in [-0.2, -0.15) is 5.10 Å². The molecular weight excluding hydrogens is 558 g/mol. The first-order chi connectivity index (χ1) is 20.2. The summed E-state index contributed by atoms with van der Waals surface area (Å²) in [6.45, 7) is 3.49. The fourth-order valence-electron chi connectivity index (χ4n) is 4.57. The van der Waals surface area contributed by atoms with Gasteiger partial charge in [-0.1, -0.05) is 37.3 Å². The quantitative estimate of drug-likeness (QED) is 0.336. The summed E-state index contributed by atoms with van der Waals surface area (Å²) in [5.41, 5.74) is 1.39. The lowest BCUT2D eigenvalue weighted by Crippen LogP contribution is -2.54. The topological polar surface area (TPSA) is 164 Å². The van der Waals surface area contributed by atoms with Crippen LogP contribution >= 0.6 is 11.3 Å². The Morgan fingerprint density at radius 3 is 2.55 bits per heavy atom. The van der Waals surface area contributed by atoms with Gasteiger partial charge in [0.05, 0.1) is 11.7 Å². The van der Waals surface area contributed by atoms with Gasteiger partial charge in [-0.3, -0.25) is 24.0 Å². The lowest BCUT2D eigenvalue weighted by Gasteiger charge is -2.25. The second-order valence-corrected chi connectivity index (χ2v) is 11.0. The number of amides is 4. The lowest BCUT2D eigenvalue weighted by atomic mass is 10.0. The van der Waals surface area contributed by atoms with E-state index in [9.17, 15) is 24.0 Å². The van der Waals surface area contributed by atoms with Crippen molar-refractivity contribution in [3.63, 3.8) is 0 Å². The van der Waals surface area contributed by atoms with Gasteiger partial charge in [0.1, 0.15) is 29.3 Å². The summed E-state index contributed by atoms with van der Waals surface area (Å²) in [7, 11) is 0. The highest BCUT2D eigenvalue weighted by Crippen LogP contribution is 2.23. The van der Waals surface area contributed by atoms with Crippen LogP contribution in [0.1, 0.15) is 65.4 Å². The first-order valence-corrected chi connectivity index (χ1v) is 14.8. The molecule has 3 atom stereocenters. The Balaban J connectivity index is 1.54. The van der Waals surface area contributed by atoms with Crippen molar-refractivity contribution in [2.45, 2.75) is 70.6 Å². The Labute approximate surface area is 247 Å². The summed E-state index contributed by atoms with van der Waals surface area (Å²) in [4.78, 5) is 69.1. The number of aromatic nitrogens is 3. The number of carbonyl (C=O) groups is 4. The Morgan fingerprint density at radius 1 is 1.02 bits per heavy atom. The van der Waals surface area contributed by atoms with Crippen LogP contribution in [0.4, 0.5) is 0 Å². The number of thiazole rings is 1. The van der Waals surface area contributed by atoms with Crippen LogP contribution in [0, 0.1) is 6.92 Å². The zero-order chi connectivity index (χ0) is 30.1. The van der Waals surface area contributed by atoms with E-state index < -0.39 is 41.4 Å². The molecule has 0 saturated heterocycles. The predicted octanol–water partition coefficient (Wildman–Crippen LogP) is 1.40. The van der Waals surface area contributed by atoms with E-state index in [1.165, 1.54) is 17.4 Å². The van der Waals surface area contributed by atoms with Gasteiger partial charge < -0.3 is 21.3 Å². The summed E-state index contributed by atoms with van der Waals surface area (Å²) < 4.78 is 1.03. The first-order valence-electron chi connectivity index (χ1n) is 14.0. The van der Waals surface area contributed by atoms with Gasteiger partial charge in [-0.15, -0.1) is 11.3 Å². The van der Waals surface area contributed by atoms with E-state index >= 15 is 0 Å². The van der Waals surface area contributed by atoms with Crippen molar-refractivity contribution in [3.8, 4) is 0 Å². The molecule has 0 radical (unpaired) electrons. The number of carbonyl (C=O) groups excluding carboxylic acids is 4. The third kappa shape index (κ3) is 8.32. The first kappa shape index (κ1) is 30.6. The van der Waals surface area contributed by atoms with E-state index in [1.807, 2.05) is 30.3 Å². The highest BCUT2D eigenvalue weighted by molar-refractivity contribution is 7.09. The Bertz CT molecular complexity index is 1470. The van der Waals surface area contributed by atoms with Crippen LogP contribution in [-0.2, 0) is 27.3 Å². The molecule has 0 fully saturated rings. The van der Waals surface area contributed by atoms with Crippen molar-refractivity contribution in [1.29, 1.82) is 0 Å². The highest BCUT2D eigenvalue weighted by Gasteiger charge is 2.29. The normalized spacial score (nSPS) is 20.2. The molecule has 3 heterocycles. The monoisotopic (exact) mass is 593 g/mol. The van der Waals surface area contributed by atoms with Crippen LogP contribution < -0.4 is 26.8 Å². The molecule has 2 bridgehead atoms. The smallest absolute Gasteiger partial charge is 0.270 e. The van der Waals surface area contributed by atoms with Crippen LogP contribution in [0.25, 0.3) is 0 Å². The van der Waals surface area contributed by atoms with Gasteiger partial charge >= 0.3 is 0 Å². The fraction of sp³-hybridized carbons (Fsp3) is 0.414. The average Bonchev–Trinajstić information content (AvgIpc) is 3.47. The largest absolute Gasteiger partial charge is 0.351 e. The van der Waals surface area contributed by atoms with E-state index in [-0.39, 0.29) is 24.6 Å². The van der Waals surface area contributed by atoms with Crippen molar-refractivity contribution >= 4 is 35.0 Å². The maximum atomic E-state index is 13.4. The molecule has 12 nitrogen and oxygen atoms in total. The molecule has 0 saturated carbocycles. The molecule has 1 aliphatic rings. The third-order valence-electron chi connectivity index (χ3n) is 6.84.